The van der Waals surface area contributed by atoms with Gasteiger partial charge in [-0.2, -0.15) is 0 Å². The molecule has 0 aromatic carbocycles. The Morgan fingerprint density at radius 1 is 1.45 bits per heavy atom. The fourth-order valence-corrected chi connectivity index (χ4v) is 0.999. The van der Waals surface area contributed by atoms with Gasteiger partial charge in [-0.1, -0.05) is 6.92 Å². The van der Waals surface area contributed by atoms with Crippen LogP contribution in [0.25, 0.3) is 0 Å². The number of nitrogens with zero attached hydrogens (tertiary/aromatic N) is 1. The molecule has 66 valence electrons. The monoisotopic (exact) mass is 157 g/mol. The van der Waals surface area contributed by atoms with Crippen molar-refractivity contribution >= 4 is 5.84 Å². The van der Waals surface area contributed by atoms with Gasteiger partial charge in [-0.05, 0) is 26.3 Å². The highest BCUT2D eigenvalue weighted by Gasteiger charge is 2.01. The van der Waals surface area contributed by atoms with E-state index in [2.05, 4.69) is 11.8 Å². The summed E-state index contributed by atoms with van der Waals surface area (Å²) >= 11 is 0. The second kappa shape index (κ2) is 6.16. The minimum atomic E-state index is 0.653. The summed E-state index contributed by atoms with van der Waals surface area (Å²) in [6.07, 6.45) is 2.08. The highest BCUT2D eigenvalue weighted by molar-refractivity contribution is 5.76. The van der Waals surface area contributed by atoms with Crippen LogP contribution in [0.5, 0.6) is 0 Å². The number of hydrogen-bond acceptors (Lipinski definition) is 2. The Bertz CT molecular complexity index is 112. The lowest BCUT2D eigenvalue weighted by Gasteiger charge is -2.21. The Labute approximate surface area is 69.1 Å². The molecule has 0 heterocycles. The molecule has 0 aliphatic rings. The molecule has 0 bridgehead atoms. The van der Waals surface area contributed by atoms with Gasteiger partial charge in [-0.3, -0.25) is 5.41 Å². The van der Waals surface area contributed by atoms with Crippen LogP contribution in [0.15, 0.2) is 0 Å². The fourth-order valence-electron chi connectivity index (χ4n) is 0.999. The summed E-state index contributed by atoms with van der Waals surface area (Å²) in [7, 11) is 0. The Hall–Kier alpha value is -0.570. The topological polar surface area (TPSA) is 53.1 Å². The molecule has 0 rings (SSSR count). The third kappa shape index (κ3) is 4.79. The molecule has 0 aromatic heterocycles. The summed E-state index contributed by atoms with van der Waals surface area (Å²) in [5.74, 6) is 0.653. The molecule has 0 amide bonds. The van der Waals surface area contributed by atoms with Crippen LogP contribution >= 0.6 is 0 Å². The smallest absolute Gasteiger partial charge is 0.0925 e. The lowest BCUT2D eigenvalue weighted by Crippen LogP contribution is -2.31. The van der Waals surface area contributed by atoms with Gasteiger partial charge < -0.3 is 10.6 Å². The molecule has 0 spiro atoms. The molecule has 3 nitrogen and oxygen atoms in total. The van der Waals surface area contributed by atoms with E-state index in [-0.39, 0.29) is 0 Å². The molecule has 0 aliphatic heterocycles. The number of rotatable bonds is 5. The molecular formula is C8H19N3. The summed E-state index contributed by atoms with van der Waals surface area (Å²) in [5, 5.41) is 7.42. The van der Waals surface area contributed by atoms with Crippen molar-refractivity contribution in [3.05, 3.63) is 0 Å². The van der Waals surface area contributed by atoms with Crippen LogP contribution in [0.3, 0.4) is 0 Å². The van der Waals surface area contributed by atoms with E-state index in [0.29, 0.717) is 12.4 Å². The zero-order valence-corrected chi connectivity index (χ0v) is 7.56. The number of nitrogens with two attached hydrogens (primary N) is 1. The van der Waals surface area contributed by atoms with Crippen LogP contribution in [0.4, 0.5) is 0 Å². The first kappa shape index (κ1) is 10.4. The highest BCUT2D eigenvalue weighted by Crippen LogP contribution is 1.93. The van der Waals surface area contributed by atoms with Crippen molar-refractivity contribution in [3.8, 4) is 0 Å². The quantitative estimate of drug-likeness (QED) is 0.463. The van der Waals surface area contributed by atoms with Gasteiger partial charge in [0.1, 0.15) is 0 Å². The maximum Gasteiger partial charge on any atom is 0.0925 e. The van der Waals surface area contributed by atoms with Gasteiger partial charge in [-0.25, -0.2) is 0 Å². The van der Waals surface area contributed by atoms with E-state index in [9.17, 15) is 0 Å². The lowest BCUT2D eigenvalue weighted by atomic mass is 10.3. The van der Waals surface area contributed by atoms with Crippen LogP contribution in [0.1, 0.15) is 26.7 Å². The SMILES string of the molecule is CCCN(CCCN)C(C)=N. The Morgan fingerprint density at radius 3 is 2.45 bits per heavy atom. The average Bonchev–Trinajstić information content (AvgIpc) is 1.97. The maximum absolute atomic E-state index is 7.42. The van der Waals surface area contributed by atoms with Crippen molar-refractivity contribution in [1.29, 1.82) is 5.41 Å². The number of hydrogen-bond donors (Lipinski definition) is 2. The summed E-state index contributed by atoms with van der Waals surface area (Å²) < 4.78 is 0. The molecule has 0 atom stereocenters. The molecule has 0 fully saturated rings. The predicted octanol–water partition coefficient (Wildman–Crippen LogP) is 1.04. The van der Waals surface area contributed by atoms with E-state index >= 15 is 0 Å². The highest BCUT2D eigenvalue weighted by atomic mass is 15.2. The Kier molecular flexibility index (Phi) is 5.84. The summed E-state index contributed by atoms with van der Waals surface area (Å²) in [6.45, 7) is 6.58. The second-order valence-corrected chi connectivity index (χ2v) is 2.71. The van der Waals surface area contributed by atoms with Crippen LogP contribution in [-0.2, 0) is 0 Å². The van der Waals surface area contributed by atoms with Gasteiger partial charge in [0.2, 0.25) is 0 Å². The molecule has 3 N–H and O–H groups in total. The van der Waals surface area contributed by atoms with Crippen LogP contribution in [0.2, 0.25) is 0 Å². The molecule has 0 aliphatic carbocycles. The van der Waals surface area contributed by atoms with Crippen LogP contribution < -0.4 is 5.73 Å². The van der Waals surface area contributed by atoms with Crippen molar-refractivity contribution in [3.63, 3.8) is 0 Å². The largest absolute Gasteiger partial charge is 0.361 e. The number of nitrogens with one attached hydrogen (secondary N) is 1. The molecule has 0 radical (unpaired) electrons. The minimum Gasteiger partial charge on any atom is -0.361 e. The van der Waals surface area contributed by atoms with Crippen LogP contribution in [0, 0.1) is 5.41 Å². The van der Waals surface area contributed by atoms with Crippen molar-refractivity contribution in [2.45, 2.75) is 26.7 Å². The first-order valence-electron chi connectivity index (χ1n) is 4.22. The van der Waals surface area contributed by atoms with Crippen molar-refractivity contribution in [2.75, 3.05) is 19.6 Å². The molecule has 0 aromatic rings. The van der Waals surface area contributed by atoms with E-state index in [0.717, 1.165) is 25.9 Å². The lowest BCUT2D eigenvalue weighted by molar-refractivity contribution is 0.407. The molecular weight excluding hydrogens is 138 g/mol. The van der Waals surface area contributed by atoms with Gasteiger partial charge in [0, 0.05) is 13.1 Å². The predicted molar refractivity (Wildman–Crippen MR) is 48.9 cm³/mol. The normalized spacial score (nSPS) is 9.73. The van der Waals surface area contributed by atoms with Gasteiger partial charge in [0.25, 0.3) is 0 Å². The fraction of sp³-hybridized carbons (Fsp3) is 0.875. The zero-order valence-electron chi connectivity index (χ0n) is 7.56. The van der Waals surface area contributed by atoms with E-state index < -0.39 is 0 Å². The third-order valence-electron chi connectivity index (χ3n) is 1.60. The van der Waals surface area contributed by atoms with Gasteiger partial charge >= 0.3 is 0 Å². The van der Waals surface area contributed by atoms with E-state index in [1.807, 2.05) is 6.92 Å². The molecule has 3 heteroatoms. The second-order valence-electron chi connectivity index (χ2n) is 2.71. The summed E-state index contributed by atoms with van der Waals surface area (Å²) in [5.41, 5.74) is 5.38. The Balaban J connectivity index is 3.60. The Morgan fingerprint density at radius 2 is 2.09 bits per heavy atom. The zero-order chi connectivity index (χ0) is 8.69. The van der Waals surface area contributed by atoms with Gasteiger partial charge in [0.05, 0.1) is 5.84 Å². The van der Waals surface area contributed by atoms with E-state index in [4.69, 9.17) is 11.1 Å². The molecule has 11 heavy (non-hydrogen) atoms. The first-order valence-corrected chi connectivity index (χ1v) is 4.22. The summed E-state index contributed by atoms with van der Waals surface area (Å²) in [4.78, 5) is 2.06. The average molecular weight is 157 g/mol. The number of amidine groups is 1. The molecule has 0 saturated heterocycles. The molecule has 0 saturated carbocycles. The maximum atomic E-state index is 7.42. The van der Waals surface area contributed by atoms with Crippen molar-refractivity contribution in [2.24, 2.45) is 5.73 Å². The molecule has 0 unspecified atom stereocenters. The minimum absolute atomic E-state index is 0.653. The van der Waals surface area contributed by atoms with Crippen molar-refractivity contribution in [1.82, 2.24) is 4.90 Å². The van der Waals surface area contributed by atoms with Crippen molar-refractivity contribution < 1.29 is 0 Å². The summed E-state index contributed by atoms with van der Waals surface area (Å²) in [6, 6.07) is 0. The van der Waals surface area contributed by atoms with E-state index in [1.165, 1.54) is 0 Å². The standard InChI is InChI=1S/C8H19N3/c1-3-6-11(8(2)10)7-4-5-9/h10H,3-7,9H2,1-2H3. The van der Waals surface area contributed by atoms with Gasteiger partial charge in [0.15, 0.2) is 0 Å². The first-order chi connectivity index (χ1) is 5.22. The van der Waals surface area contributed by atoms with Crippen LogP contribution in [-0.4, -0.2) is 30.4 Å². The van der Waals surface area contributed by atoms with E-state index in [1.54, 1.807) is 0 Å². The third-order valence-corrected chi connectivity index (χ3v) is 1.60. The van der Waals surface area contributed by atoms with Gasteiger partial charge in [-0.15, -0.1) is 0 Å².